The highest BCUT2D eigenvalue weighted by molar-refractivity contribution is 7.89. The summed E-state index contributed by atoms with van der Waals surface area (Å²) in [6.45, 7) is 2.92. The van der Waals surface area contributed by atoms with Crippen LogP contribution in [-0.4, -0.2) is 43.9 Å². The Labute approximate surface area is 123 Å². The Hall–Kier alpha value is -1.64. The number of methoxy groups -OCH3 is 1. The standard InChI is InChI=1S/C13H19NO6S/c1-4-13(2,8-15)14-21(18,19)9-5-6-11(20-3)10(7-9)12(16)17/h5-7,14-15H,4,8H2,1-3H3,(H,16,17). The molecule has 0 spiro atoms. The van der Waals surface area contributed by atoms with Gasteiger partial charge < -0.3 is 14.9 Å². The molecule has 0 fully saturated rings. The van der Waals surface area contributed by atoms with Gasteiger partial charge in [-0.2, -0.15) is 0 Å². The van der Waals surface area contributed by atoms with Gasteiger partial charge in [-0.1, -0.05) is 6.92 Å². The number of hydrogen-bond donors (Lipinski definition) is 3. The molecule has 3 N–H and O–H groups in total. The quantitative estimate of drug-likeness (QED) is 0.686. The lowest BCUT2D eigenvalue weighted by Crippen LogP contribution is -2.48. The van der Waals surface area contributed by atoms with Crippen LogP contribution in [0.1, 0.15) is 30.6 Å². The second-order valence-corrected chi connectivity index (χ2v) is 6.53. The van der Waals surface area contributed by atoms with Crippen LogP contribution in [0, 0.1) is 0 Å². The molecule has 0 aliphatic carbocycles. The molecular formula is C13H19NO6S. The van der Waals surface area contributed by atoms with Crippen molar-refractivity contribution in [3.8, 4) is 5.75 Å². The Kier molecular flexibility index (Phi) is 5.32. The van der Waals surface area contributed by atoms with Crippen molar-refractivity contribution in [3.63, 3.8) is 0 Å². The number of sulfonamides is 1. The first-order chi connectivity index (χ1) is 9.69. The highest BCUT2D eigenvalue weighted by atomic mass is 32.2. The zero-order chi connectivity index (χ0) is 16.3. The summed E-state index contributed by atoms with van der Waals surface area (Å²) >= 11 is 0. The third-order valence-corrected chi connectivity index (χ3v) is 4.86. The van der Waals surface area contributed by atoms with Crippen LogP contribution in [0.2, 0.25) is 0 Å². The number of aliphatic hydroxyl groups is 1. The fourth-order valence-corrected chi connectivity index (χ4v) is 3.12. The molecule has 1 rings (SSSR count). The lowest BCUT2D eigenvalue weighted by atomic mass is 10.0. The molecule has 0 radical (unpaired) electrons. The fraction of sp³-hybridized carbons (Fsp3) is 0.462. The summed E-state index contributed by atoms with van der Waals surface area (Å²) in [7, 11) is -2.65. The van der Waals surface area contributed by atoms with Gasteiger partial charge in [0.2, 0.25) is 10.0 Å². The van der Waals surface area contributed by atoms with Gasteiger partial charge in [0.15, 0.2) is 0 Å². The first-order valence-electron chi connectivity index (χ1n) is 6.25. The predicted octanol–water partition coefficient (Wildman–Crippen LogP) is 0.833. The minimum Gasteiger partial charge on any atom is -0.496 e. The van der Waals surface area contributed by atoms with Crippen molar-refractivity contribution >= 4 is 16.0 Å². The number of carbonyl (C=O) groups is 1. The van der Waals surface area contributed by atoms with Crippen molar-refractivity contribution in [2.45, 2.75) is 30.7 Å². The van der Waals surface area contributed by atoms with Crippen LogP contribution >= 0.6 is 0 Å². The highest BCUT2D eigenvalue weighted by Crippen LogP contribution is 2.23. The van der Waals surface area contributed by atoms with Gasteiger partial charge in [0.1, 0.15) is 11.3 Å². The van der Waals surface area contributed by atoms with Gasteiger partial charge in [-0.3, -0.25) is 0 Å². The average Bonchev–Trinajstić information content (AvgIpc) is 2.45. The van der Waals surface area contributed by atoms with Crippen LogP contribution in [0.5, 0.6) is 5.75 Å². The molecule has 0 amide bonds. The summed E-state index contributed by atoms with van der Waals surface area (Å²) in [5, 5.41) is 18.4. The summed E-state index contributed by atoms with van der Waals surface area (Å²) in [5.41, 5.74) is -1.26. The molecule has 0 bridgehead atoms. The Bertz CT molecular complexity index is 622. The number of aromatic carboxylic acids is 1. The normalized spacial score (nSPS) is 14.5. The lowest BCUT2D eigenvalue weighted by Gasteiger charge is -2.26. The Morgan fingerprint density at radius 3 is 2.48 bits per heavy atom. The van der Waals surface area contributed by atoms with Crippen molar-refractivity contribution in [2.24, 2.45) is 0 Å². The molecule has 21 heavy (non-hydrogen) atoms. The van der Waals surface area contributed by atoms with Crippen LogP contribution in [0.3, 0.4) is 0 Å². The van der Waals surface area contributed by atoms with Gasteiger partial charge in [0.05, 0.1) is 24.2 Å². The van der Waals surface area contributed by atoms with E-state index in [0.29, 0.717) is 6.42 Å². The van der Waals surface area contributed by atoms with Crippen molar-refractivity contribution in [2.75, 3.05) is 13.7 Å². The van der Waals surface area contributed by atoms with Crippen molar-refractivity contribution in [1.29, 1.82) is 0 Å². The van der Waals surface area contributed by atoms with E-state index in [1.165, 1.54) is 19.2 Å². The van der Waals surface area contributed by atoms with Crippen LogP contribution in [0.15, 0.2) is 23.1 Å². The summed E-state index contributed by atoms with van der Waals surface area (Å²) in [6, 6.07) is 3.55. The molecule has 8 heteroatoms. The molecular weight excluding hydrogens is 298 g/mol. The minimum atomic E-state index is -3.95. The van der Waals surface area contributed by atoms with Crippen molar-refractivity contribution < 1.29 is 28.2 Å². The fourth-order valence-electron chi connectivity index (χ4n) is 1.62. The molecule has 1 aromatic carbocycles. The molecule has 0 aromatic heterocycles. The van der Waals surface area contributed by atoms with Gasteiger partial charge in [-0.15, -0.1) is 0 Å². The first-order valence-corrected chi connectivity index (χ1v) is 7.73. The van der Waals surface area contributed by atoms with Gasteiger partial charge in [-0.25, -0.2) is 17.9 Å². The molecule has 1 aromatic rings. The maximum absolute atomic E-state index is 12.3. The first kappa shape index (κ1) is 17.4. The largest absolute Gasteiger partial charge is 0.496 e. The molecule has 0 aliphatic rings. The number of carboxylic acid groups (broad SMARTS) is 1. The lowest BCUT2D eigenvalue weighted by molar-refractivity contribution is 0.0693. The minimum absolute atomic E-state index is 0.0712. The van der Waals surface area contributed by atoms with Gasteiger partial charge in [0.25, 0.3) is 0 Å². The molecule has 7 nitrogen and oxygen atoms in total. The molecule has 0 saturated heterocycles. The van der Waals surface area contributed by atoms with Crippen LogP contribution in [0.4, 0.5) is 0 Å². The highest BCUT2D eigenvalue weighted by Gasteiger charge is 2.29. The van der Waals surface area contributed by atoms with E-state index in [1.807, 2.05) is 0 Å². The van der Waals surface area contributed by atoms with E-state index in [4.69, 9.17) is 9.84 Å². The molecule has 1 unspecified atom stereocenters. The smallest absolute Gasteiger partial charge is 0.339 e. The summed E-state index contributed by atoms with van der Waals surface area (Å²) in [6.07, 6.45) is 0.380. The molecule has 0 heterocycles. The third kappa shape index (κ3) is 3.93. The third-order valence-electron chi connectivity index (χ3n) is 3.22. The SMILES string of the molecule is CCC(C)(CO)NS(=O)(=O)c1ccc(OC)c(C(=O)O)c1. The average molecular weight is 317 g/mol. The molecule has 118 valence electrons. The van der Waals surface area contributed by atoms with E-state index in [9.17, 15) is 18.3 Å². The number of ether oxygens (including phenoxy) is 1. The van der Waals surface area contributed by atoms with E-state index in [0.717, 1.165) is 6.07 Å². The maximum atomic E-state index is 12.3. The van der Waals surface area contributed by atoms with Gasteiger partial charge >= 0.3 is 5.97 Å². The van der Waals surface area contributed by atoms with Crippen LogP contribution in [-0.2, 0) is 10.0 Å². The Morgan fingerprint density at radius 1 is 1.43 bits per heavy atom. The van der Waals surface area contributed by atoms with Crippen molar-refractivity contribution in [1.82, 2.24) is 4.72 Å². The monoisotopic (exact) mass is 317 g/mol. The number of hydrogen-bond acceptors (Lipinski definition) is 5. The van der Waals surface area contributed by atoms with Gasteiger partial charge in [-0.05, 0) is 31.5 Å². The summed E-state index contributed by atoms with van der Waals surface area (Å²) in [4.78, 5) is 10.9. The summed E-state index contributed by atoms with van der Waals surface area (Å²) < 4.78 is 31.8. The van der Waals surface area contributed by atoms with E-state index < -0.39 is 21.5 Å². The topological polar surface area (TPSA) is 113 Å². The van der Waals surface area contributed by atoms with E-state index in [1.54, 1.807) is 13.8 Å². The second kappa shape index (κ2) is 6.42. The number of benzene rings is 1. The molecule has 0 aliphatic heterocycles. The van der Waals surface area contributed by atoms with E-state index in [-0.39, 0.29) is 22.8 Å². The van der Waals surface area contributed by atoms with Crippen LogP contribution in [0.25, 0.3) is 0 Å². The van der Waals surface area contributed by atoms with E-state index >= 15 is 0 Å². The molecule has 0 saturated carbocycles. The zero-order valence-electron chi connectivity index (χ0n) is 12.1. The number of nitrogens with one attached hydrogen (secondary N) is 1. The second-order valence-electron chi connectivity index (χ2n) is 4.85. The van der Waals surface area contributed by atoms with Gasteiger partial charge in [0, 0.05) is 0 Å². The van der Waals surface area contributed by atoms with Crippen molar-refractivity contribution in [3.05, 3.63) is 23.8 Å². The number of aliphatic hydroxyl groups excluding tert-OH is 1. The van der Waals surface area contributed by atoms with E-state index in [2.05, 4.69) is 4.72 Å². The number of carboxylic acids is 1. The predicted molar refractivity (Wildman–Crippen MR) is 76.1 cm³/mol. The summed E-state index contributed by atoms with van der Waals surface area (Å²) in [5.74, 6) is -1.22. The van der Waals surface area contributed by atoms with Crippen LogP contribution < -0.4 is 9.46 Å². The number of rotatable bonds is 7. The molecule has 1 atom stereocenters. The zero-order valence-corrected chi connectivity index (χ0v) is 12.9. The Morgan fingerprint density at radius 2 is 2.05 bits per heavy atom. The Balaban J connectivity index is 3.27. The maximum Gasteiger partial charge on any atom is 0.339 e.